The fraction of sp³-hybridized carbons (Fsp3) is 0.179. The Labute approximate surface area is 228 Å². The molecule has 0 amide bonds. The van der Waals surface area contributed by atoms with Crippen LogP contribution in [0.4, 0.5) is 0 Å². The summed E-state index contributed by atoms with van der Waals surface area (Å²) in [6.07, 6.45) is 11.9. The van der Waals surface area contributed by atoms with Crippen molar-refractivity contribution >= 4 is 46.0 Å². The first-order valence-electron chi connectivity index (χ1n) is 12.3. The summed E-state index contributed by atoms with van der Waals surface area (Å²) in [6, 6.07) is 12.2. The third kappa shape index (κ3) is 3.76. The van der Waals surface area contributed by atoms with E-state index in [1.807, 2.05) is 47.1 Å². The van der Waals surface area contributed by atoms with Gasteiger partial charge in [-0.2, -0.15) is 4.40 Å². The highest BCUT2D eigenvalue weighted by Crippen LogP contribution is 2.23. The number of imidazole rings is 1. The van der Waals surface area contributed by atoms with E-state index in [9.17, 15) is 14.4 Å². The van der Waals surface area contributed by atoms with Gasteiger partial charge >= 0.3 is 5.65 Å². The lowest BCUT2D eigenvalue weighted by Crippen LogP contribution is -2.57. The number of Topliss-reactive ketones (excluding diaryl/α,β-unsaturated/α-hetero) is 2. The van der Waals surface area contributed by atoms with Crippen LogP contribution in [0.15, 0.2) is 85.8 Å². The highest BCUT2D eigenvalue weighted by atomic mass is 32.1. The van der Waals surface area contributed by atoms with Crippen molar-refractivity contribution in [1.29, 1.82) is 0 Å². The van der Waals surface area contributed by atoms with Crippen LogP contribution in [0.3, 0.4) is 0 Å². The van der Waals surface area contributed by atoms with E-state index < -0.39 is 16.7 Å². The predicted octanol–water partition coefficient (Wildman–Crippen LogP) is 2.94. The molecule has 11 heteroatoms. The van der Waals surface area contributed by atoms with E-state index in [1.54, 1.807) is 82.2 Å². The number of hydrogen-bond acceptors (Lipinski definition) is 5. The van der Waals surface area contributed by atoms with Gasteiger partial charge in [-0.3, -0.25) is 19.4 Å². The van der Waals surface area contributed by atoms with Crippen LogP contribution in [0.25, 0.3) is 16.7 Å². The van der Waals surface area contributed by atoms with Crippen molar-refractivity contribution < 1.29 is 23.5 Å². The van der Waals surface area contributed by atoms with E-state index in [4.69, 9.17) is 5.10 Å². The standard InChI is InChI=1S/C28H24N7O3S/c1-18(25(36)19-10-14-31-12-6-4-8-20(19)31)35-30-24(21-9-5-7-13-34(21)35)26(37)28(2,3)33-17-22(27(38)39)32-15-11-29-16-23(32)33/h4-18H,1-3H3/q+1/p+1. The summed E-state index contributed by atoms with van der Waals surface area (Å²) in [5, 5.41) is 4.26. The van der Waals surface area contributed by atoms with E-state index in [0.29, 0.717) is 22.4 Å². The number of carbonyl (C=O) groups is 3. The third-order valence-corrected chi connectivity index (χ3v) is 7.38. The van der Waals surface area contributed by atoms with Gasteiger partial charge in [-0.15, -0.1) is 4.52 Å². The maximum absolute atomic E-state index is 14.2. The molecule has 194 valence electrons. The topological polar surface area (TPSA) is 98.7 Å². The van der Waals surface area contributed by atoms with Crippen molar-refractivity contribution in [3.05, 3.63) is 103 Å². The van der Waals surface area contributed by atoms with Crippen LogP contribution in [0.5, 0.6) is 0 Å². The average molecular weight is 540 g/mol. The maximum Gasteiger partial charge on any atom is 0.306 e. The van der Waals surface area contributed by atoms with Gasteiger partial charge in [0.05, 0.1) is 16.8 Å². The summed E-state index contributed by atoms with van der Waals surface area (Å²) in [4.78, 5) is 45.8. The van der Waals surface area contributed by atoms with Crippen molar-refractivity contribution in [2.24, 2.45) is 0 Å². The lowest BCUT2D eigenvalue weighted by Gasteiger charge is -2.17. The molecule has 6 aromatic rings. The highest BCUT2D eigenvalue weighted by molar-refractivity contribution is 7.97. The first-order chi connectivity index (χ1) is 18.7. The first kappa shape index (κ1) is 24.7. The van der Waals surface area contributed by atoms with Gasteiger partial charge in [-0.1, -0.05) is 24.8 Å². The van der Waals surface area contributed by atoms with E-state index >= 15 is 0 Å². The second-order valence-corrected chi connectivity index (χ2v) is 10.3. The number of hydrogen-bond donors (Lipinski definition) is 1. The van der Waals surface area contributed by atoms with Crippen molar-refractivity contribution in [2.75, 3.05) is 0 Å². The molecule has 6 rings (SSSR count). The van der Waals surface area contributed by atoms with Gasteiger partial charge in [0.1, 0.15) is 24.8 Å². The molecule has 6 heterocycles. The van der Waals surface area contributed by atoms with E-state index in [0.717, 1.165) is 5.52 Å². The number of nitrogens with zero attached hydrogens (tertiary/aromatic N) is 7. The van der Waals surface area contributed by atoms with Crippen LogP contribution in [0.2, 0.25) is 0 Å². The minimum atomic E-state index is -1.16. The van der Waals surface area contributed by atoms with Gasteiger partial charge in [-0.25, -0.2) is 4.57 Å². The number of thiol groups is 1. The smallest absolute Gasteiger partial charge is 0.306 e. The highest BCUT2D eigenvalue weighted by Gasteiger charge is 2.45. The lowest BCUT2D eigenvalue weighted by molar-refractivity contribution is -0.716. The zero-order valence-corrected chi connectivity index (χ0v) is 22.4. The molecule has 0 fully saturated rings. The van der Waals surface area contributed by atoms with Gasteiger partial charge in [-0.05, 0) is 55.9 Å². The monoisotopic (exact) mass is 539 g/mol. The maximum atomic E-state index is 14.2. The van der Waals surface area contributed by atoms with Crippen molar-refractivity contribution in [1.82, 2.24) is 23.7 Å². The van der Waals surface area contributed by atoms with Gasteiger partial charge in [0.15, 0.2) is 17.4 Å². The Morgan fingerprint density at radius 3 is 2.62 bits per heavy atom. The Morgan fingerprint density at radius 2 is 1.82 bits per heavy atom. The summed E-state index contributed by atoms with van der Waals surface area (Å²) in [6.45, 7) is 5.29. The molecule has 0 N–H and O–H groups in total. The zero-order valence-electron chi connectivity index (χ0n) is 21.5. The molecule has 0 saturated heterocycles. The number of rotatable bonds is 7. The van der Waals surface area contributed by atoms with E-state index in [2.05, 4.69) is 17.6 Å². The van der Waals surface area contributed by atoms with Gasteiger partial charge < -0.3 is 4.40 Å². The van der Waals surface area contributed by atoms with Gasteiger partial charge in [0.25, 0.3) is 16.6 Å². The van der Waals surface area contributed by atoms with E-state index in [-0.39, 0.29) is 17.3 Å². The summed E-state index contributed by atoms with van der Waals surface area (Å²) in [7, 11) is 0. The summed E-state index contributed by atoms with van der Waals surface area (Å²) in [5.41, 5.74) is 1.83. The minimum absolute atomic E-state index is 0.126. The first-order valence-corrected chi connectivity index (χ1v) is 12.8. The molecule has 0 aromatic carbocycles. The summed E-state index contributed by atoms with van der Waals surface area (Å²) >= 11 is 4.00. The number of ketones is 2. The van der Waals surface area contributed by atoms with Crippen molar-refractivity contribution in [3.8, 4) is 0 Å². The molecule has 0 aliphatic rings. The van der Waals surface area contributed by atoms with Crippen LogP contribution in [-0.2, 0) is 5.54 Å². The predicted molar refractivity (Wildman–Crippen MR) is 144 cm³/mol. The number of fused-ring (bicyclic) bond motifs is 3. The summed E-state index contributed by atoms with van der Waals surface area (Å²) < 4.78 is 6.96. The number of pyridine rings is 2. The molecule has 1 unspecified atom stereocenters. The fourth-order valence-electron chi connectivity index (χ4n) is 5.02. The van der Waals surface area contributed by atoms with Crippen LogP contribution in [0, 0.1) is 0 Å². The van der Waals surface area contributed by atoms with Crippen molar-refractivity contribution in [2.45, 2.75) is 32.4 Å². The molecule has 0 spiro atoms. The van der Waals surface area contributed by atoms with E-state index in [1.165, 1.54) is 0 Å². The molecule has 6 aromatic heterocycles. The Balaban J connectivity index is 1.46. The Hall–Kier alpha value is -4.64. The molecule has 0 bridgehead atoms. The quantitative estimate of drug-likeness (QED) is 0.191. The van der Waals surface area contributed by atoms with Gasteiger partial charge in [0, 0.05) is 18.0 Å². The van der Waals surface area contributed by atoms with Crippen LogP contribution >= 0.6 is 12.6 Å². The molecule has 0 aliphatic carbocycles. The normalized spacial score (nSPS) is 12.8. The summed E-state index contributed by atoms with van der Waals surface area (Å²) in [5.74, 6) is -0.419. The van der Waals surface area contributed by atoms with Crippen LogP contribution in [0.1, 0.15) is 58.1 Å². The number of carbonyl (C=O) groups excluding carboxylic acids is 3. The van der Waals surface area contributed by atoms with Crippen molar-refractivity contribution in [3.63, 3.8) is 0 Å². The molecule has 39 heavy (non-hydrogen) atoms. The SMILES string of the molecule is CC(C(=O)c1ccn2ccccc12)n1nc(C(=O)C(C)(C)[n+]2cc(C(=O)S)n3ccncc32)c2cccc[n+]21. The largest absolute Gasteiger partial charge is 0.323 e. The molecule has 1 atom stereocenters. The Kier molecular flexibility index (Phi) is 5.69. The Bertz CT molecular complexity index is 1950. The molecular weight excluding hydrogens is 514 g/mol. The molecular formula is C28H25N7O3S+2. The third-order valence-electron chi connectivity index (χ3n) is 7.15. The Morgan fingerprint density at radius 1 is 1.03 bits per heavy atom. The van der Waals surface area contributed by atoms with Crippen LogP contribution < -0.4 is 9.08 Å². The average Bonchev–Trinajstić information content (AvgIpc) is 3.65. The minimum Gasteiger partial charge on any atom is -0.323 e. The molecule has 0 saturated carbocycles. The second kappa shape index (κ2) is 8.98. The zero-order chi connectivity index (χ0) is 27.5. The second-order valence-electron chi connectivity index (χ2n) is 9.84. The fourth-order valence-corrected chi connectivity index (χ4v) is 5.19. The van der Waals surface area contributed by atoms with Crippen LogP contribution in [-0.4, -0.2) is 40.4 Å². The molecule has 10 nitrogen and oxygen atoms in total. The number of aromatic nitrogens is 7. The van der Waals surface area contributed by atoms with Gasteiger partial charge in [0.2, 0.25) is 11.2 Å². The molecule has 0 aliphatic heterocycles. The lowest BCUT2D eigenvalue weighted by atomic mass is 9.95. The molecule has 0 radical (unpaired) electrons.